The van der Waals surface area contributed by atoms with E-state index in [1.165, 1.54) is 36.4 Å². The highest BCUT2D eigenvalue weighted by Crippen LogP contribution is 2.33. The summed E-state index contributed by atoms with van der Waals surface area (Å²) in [4.78, 5) is 30.9. The quantitative estimate of drug-likeness (QED) is 0.345. The highest BCUT2D eigenvalue weighted by atomic mass is 19.1. The van der Waals surface area contributed by atoms with Gasteiger partial charge in [-0.3, -0.25) is 29.4 Å². The maximum absolute atomic E-state index is 13.8. The summed E-state index contributed by atoms with van der Waals surface area (Å²) in [5.74, 6) is 0.909. The average Bonchev–Trinajstić information content (AvgIpc) is 3.24. The van der Waals surface area contributed by atoms with E-state index in [4.69, 9.17) is 5.10 Å². The van der Waals surface area contributed by atoms with Crippen molar-refractivity contribution in [2.24, 2.45) is 13.0 Å². The van der Waals surface area contributed by atoms with Crippen LogP contribution in [0.1, 0.15) is 35.0 Å². The number of benzene rings is 2. The SMILES string of the molecule is CC1CCc2nn(C)c(N(CCN3CCN(c4ccc(F)cc4)CC3)C(=O)c3ccc([N+](=O)[O-])cc3)c2C1. The molecule has 0 saturated carbocycles. The minimum absolute atomic E-state index is 0.0427. The van der Waals surface area contributed by atoms with Crippen LogP contribution in [0, 0.1) is 21.8 Å². The van der Waals surface area contributed by atoms with Crippen molar-refractivity contribution >= 4 is 23.1 Å². The second-order valence-electron chi connectivity index (χ2n) is 10.3. The van der Waals surface area contributed by atoms with Gasteiger partial charge in [0, 0.05) is 75.3 Å². The van der Waals surface area contributed by atoms with E-state index in [1.807, 2.05) is 23.9 Å². The fourth-order valence-electron chi connectivity index (χ4n) is 5.50. The largest absolute Gasteiger partial charge is 0.369 e. The Labute approximate surface area is 221 Å². The molecule has 10 heteroatoms. The highest BCUT2D eigenvalue weighted by molar-refractivity contribution is 6.06. The first-order valence-corrected chi connectivity index (χ1v) is 13.1. The first kappa shape index (κ1) is 25.8. The predicted octanol–water partition coefficient (Wildman–Crippen LogP) is 4.06. The number of hydrogen-bond acceptors (Lipinski definition) is 6. The van der Waals surface area contributed by atoms with Crippen molar-refractivity contribution < 1.29 is 14.1 Å². The minimum atomic E-state index is -0.462. The van der Waals surface area contributed by atoms with Crippen LogP contribution in [0.2, 0.25) is 0 Å². The monoisotopic (exact) mass is 520 g/mol. The van der Waals surface area contributed by atoms with Crippen LogP contribution in [-0.2, 0) is 19.9 Å². The Morgan fingerprint density at radius 3 is 2.45 bits per heavy atom. The number of aryl methyl sites for hydroxylation is 2. The molecule has 1 saturated heterocycles. The lowest BCUT2D eigenvalue weighted by Gasteiger charge is -2.37. The Hall–Kier alpha value is -3.79. The van der Waals surface area contributed by atoms with Crippen molar-refractivity contribution in [2.75, 3.05) is 49.1 Å². The van der Waals surface area contributed by atoms with Gasteiger partial charge in [-0.1, -0.05) is 6.92 Å². The van der Waals surface area contributed by atoms with E-state index in [-0.39, 0.29) is 17.4 Å². The Morgan fingerprint density at radius 1 is 1.11 bits per heavy atom. The summed E-state index contributed by atoms with van der Waals surface area (Å²) in [7, 11) is 1.88. The second-order valence-corrected chi connectivity index (χ2v) is 10.3. The number of carbonyl (C=O) groups excluding carboxylic acids is 1. The molecule has 2 aliphatic rings. The van der Waals surface area contributed by atoms with Crippen LogP contribution in [0.3, 0.4) is 0 Å². The van der Waals surface area contributed by atoms with Crippen molar-refractivity contribution in [1.82, 2.24) is 14.7 Å². The number of non-ortho nitro benzene ring substituents is 1. The maximum atomic E-state index is 13.8. The van der Waals surface area contributed by atoms with E-state index in [1.54, 1.807) is 4.90 Å². The number of carbonyl (C=O) groups is 1. The molecule has 1 aliphatic heterocycles. The molecule has 0 bridgehead atoms. The minimum Gasteiger partial charge on any atom is -0.369 e. The van der Waals surface area contributed by atoms with Crippen molar-refractivity contribution in [2.45, 2.75) is 26.2 Å². The number of halogens is 1. The van der Waals surface area contributed by atoms with Gasteiger partial charge in [0.05, 0.1) is 10.6 Å². The Bertz CT molecular complexity index is 1300. The molecule has 0 spiro atoms. The molecule has 1 aliphatic carbocycles. The lowest BCUT2D eigenvalue weighted by molar-refractivity contribution is -0.384. The third-order valence-electron chi connectivity index (χ3n) is 7.65. The predicted molar refractivity (Wildman–Crippen MR) is 144 cm³/mol. The number of amides is 1. The van der Waals surface area contributed by atoms with Gasteiger partial charge in [-0.25, -0.2) is 4.39 Å². The average molecular weight is 521 g/mol. The van der Waals surface area contributed by atoms with Crippen molar-refractivity contribution in [3.63, 3.8) is 0 Å². The molecule has 3 aromatic rings. The number of nitrogens with zero attached hydrogens (tertiary/aromatic N) is 6. The fourth-order valence-corrected chi connectivity index (χ4v) is 5.50. The number of aromatic nitrogens is 2. The molecule has 38 heavy (non-hydrogen) atoms. The molecule has 200 valence electrons. The number of anilines is 2. The van der Waals surface area contributed by atoms with E-state index in [0.29, 0.717) is 24.6 Å². The van der Waals surface area contributed by atoms with Crippen LogP contribution in [0.25, 0.3) is 0 Å². The lowest BCUT2D eigenvalue weighted by Crippen LogP contribution is -2.49. The van der Waals surface area contributed by atoms with Crippen molar-refractivity contribution in [1.29, 1.82) is 0 Å². The van der Waals surface area contributed by atoms with Crippen LogP contribution in [0.4, 0.5) is 21.6 Å². The summed E-state index contributed by atoms with van der Waals surface area (Å²) < 4.78 is 15.1. The normalized spacial score (nSPS) is 17.8. The van der Waals surface area contributed by atoms with Crippen molar-refractivity contribution in [3.8, 4) is 0 Å². The summed E-state index contributed by atoms with van der Waals surface area (Å²) in [5.41, 5.74) is 3.56. The van der Waals surface area contributed by atoms with Crippen LogP contribution in [-0.4, -0.2) is 64.8 Å². The maximum Gasteiger partial charge on any atom is 0.269 e. The molecule has 1 unspecified atom stereocenters. The van der Waals surface area contributed by atoms with E-state index in [9.17, 15) is 19.3 Å². The number of hydrogen-bond donors (Lipinski definition) is 0. The first-order valence-electron chi connectivity index (χ1n) is 13.1. The number of nitro benzene ring substituents is 1. The molecule has 1 aromatic heterocycles. The van der Waals surface area contributed by atoms with Crippen LogP contribution < -0.4 is 9.80 Å². The van der Waals surface area contributed by atoms with Crippen LogP contribution >= 0.6 is 0 Å². The van der Waals surface area contributed by atoms with Crippen LogP contribution in [0.5, 0.6) is 0 Å². The lowest BCUT2D eigenvalue weighted by atomic mass is 9.88. The van der Waals surface area contributed by atoms with Gasteiger partial charge in [-0.2, -0.15) is 5.10 Å². The van der Waals surface area contributed by atoms with Gasteiger partial charge in [-0.05, 0) is 61.6 Å². The number of rotatable bonds is 7. The fraction of sp³-hybridized carbons (Fsp3) is 0.429. The Kier molecular flexibility index (Phi) is 7.42. The van der Waals surface area contributed by atoms with Crippen molar-refractivity contribution in [3.05, 3.63) is 81.3 Å². The van der Waals surface area contributed by atoms with Gasteiger partial charge in [0.15, 0.2) is 0 Å². The van der Waals surface area contributed by atoms with E-state index in [2.05, 4.69) is 16.7 Å². The molecule has 1 fully saturated rings. The van der Waals surface area contributed by atoms with Gasteiger partial charge in [-0.15, -0.1) is 0 Å². The van der Waals surface area contributed by atoms with Gasteiger partial charge in [0.25, 0.3) is 11.6 Å². The topological polar surface area (TPSA) is 87.8 Å². The molecule has 0 radical (unpaired) electrons. The van der Waals surface area contributed by atoms with Gasteiger partial charge in [0.2, 0.25) is 0 Å². The third kappa shape index (κ3) is 5.40. The number of piperazine rings is 1. The van der Waals surface area contributed by atoms with E-state index < -0.39 is 4.92 Å². The standard InChI is InChI=1S/C28H33FN6O3/c1-20-3-12-26-25(19-20)27(31(2)30-26)34(28(36)21-4-8-24(9-5-21)35(37)38)18-15-32-13-16-33(17-14-32)23-10-6-22(29)7-11-23/h4-11,20H,3,12-19H2,1-2H3. The smallest absolute Gasteiger partial charge is 0.269 e. The van der Waals surface area contributed by atoms with E-state index in [0.717, 1.165) is 68.2 Å². The van der Waals surface area contributed by atoms with Gasteiger partial charge in [0.1, 0.15) is 11.6 Å². The summed E-state index contributed by atoms with van der Waals surface area (Å²) in [5, 5.41) is 15.9. The Morgan fingerprint density at radius 2 is 1.79 bits per heavy atom. The summed E-state index contributed by atoms with van der Waals surface area (Å²) in [6, 6.07) is 12.4. The highest BCUT2D eigenvalue weighted by Gasteiger charge is 2.30. The summed E-state index contributed by atoms with van der Waals surface area (Å²) in [6.45, 7) is 6.69. The summed E-state index contributed by atoms with van der Waals surface area (Å²) in [6.07, 6.45) is 2.85. The molecule has 5 rings (SSSR count). The molecular formula is C28H33FN6O3. The van der Waals surface area contributed by atoms with Crippen LogP contribution in [0.15, 0.2) is 48.5 Å². The zero-order valence-electron chi connectivity index (χ0n) is 21.8. The zero-order valence-corrected chi connectivity index (χ0v) is 21.8. The first-order chi connectivity index (χ1) is 18.3. The summed E-state index contributed by atoms with van der Waals surface area (Å²) >= 11 is 0. The Balaban J connectivity index is 1.34. The molecule has 1 atom stereocenters. The molecule has 1 amide bonds. The third-order valence-corrected chi connectivity index (χ3v) is 7.65. The van der Waals surface area contributed by atoms with E-state index >= 15 is 0 Å². The molecule has 2 aromatic carbocycles. The van der Waals surface area contributed by atoms with Gasteiger partial charge >= 0.3 is 0 Å². The second kappa shape index (κ2) is 10.9. The zero-order chi connectivity index (χ0) is 26.8. The molecule has 9 nitrogen and oxygen atoms in total. The molecule has 0 N–H and O–H groups in total. The number of fused-ring (bicyclic) bond motifs is 1. The molecule has 2 heterocycles. The number of nitro groups is 1. The molecular weight excluding hydrogens is 487 g/mol. The van der Waals surface area contributed by atoms with Gasteiger partial charge < -0.3 is 4.90 Å².